The number of aromatic nitrogens is 3. The highest BCUT2D eigenvalue weighted by Crippen LogP contribution is 2.26. The SMILES string of the molecule is COC(=O)c1cnn2c(C)c(Br)c(Cl)nc12. The average molecular weight is 305 g/mol. The van der Waals surface area contributed by atoms with Crippen molar-refractivity contribution in [1.29, 1.82) is 0 Å². The molecular formula is C9H7BrClN3O2. The van der Waals surface area contributed by atoms with Crippen molar-refractivity contribution in [2.45, 2.75) is 6.92 Å². The van der Waals surface area contributed by atoms with Gasteiger partial charge in [0.05, 0.1) is 23.5 Å². The Balaban J connectivity index is 2.79. The molecule has 0 aliphatic carbocycles. The van der Waals surface area contributed by atoms with Crippen molar-refractivity contribution >= 4 is 39.1 Å². The number of halogens is 2. The van der Waals surface area contributed by atoms with Crippen molar-refractivity contribution in [3.63, 3.8) is 0 Å². The molecule has 0 aromatic carbocycles. The lowest BCUT2D eigenvalue weighted by atomic mass is 10.3. The number of carbonyl (C=O) groups is 1. The van der Waals surface area contributed by atoms with Gasteiger partial charge in [-0.05, 0) is 22.9 Å². The molecule has 0 spiro atoms. The second-order valence-corrected chi connectivity index (χ2v) is 4.24. The maximum Gasteiger partial charge on any atom is 0.343 e. The number of hydrogen-bond acceptors (Lipinski definition) is 4. The van der Waals surface area contributed by atoms with Gasteiger partial charge < -0.3 is 4.74 Å². The molecule has 0 bridgehead atoms. The molecule has 2 heterocycles. The molecule has 2 aromatic heterocycles. The molecule has 16 heavy (non-hydrogen) atoms. The van der Waals surface area contributed by atoms with E-state index in [1.807, 2.05) is 6.92 Å². The zero-order valence-corrected chi connectivity index (χ0v) is 10.8. The summed E-state index contributed by atoms with van der Waals surface area (Å²) in [5.74, 6) is -0.486. The summed E-state index contributed by atoms with van der Waals surface area (Å²) < 4.78 is 6.81. The van der Waals surface area contributed by atoms with Crippen molar-refractivity contribution in [3.8, 4) is 0 Å². The highest BCUT2D eigenvalue weighted by molar-refractivity contribution is 9.10. The standard InChI is InChI=1S/C9H7BrClN3O2/c1-4-6(10)7(11)13-8-5(9(15)16-2)3-12-14(4)8/h3H,1-2H3. The Hall–Kier alpha value is -1.14. The molecule has 0 saturated heterocycles. The zero-order valence-electron chi connectivity index (χ0n) is 8.49. The number of rotatable bonds is 1. The van der Waals surface area contributed by atoms with E-state index in [2.05, 4.69) is 30.7 Å². The van der Waals surface area contributed by atoms with Crippen LogP contribution in [0.3, 0.4) is 0 Å². The van der Waals surface area contributed by atoms with E-state index >= 15 is 0 Å². The lowest BCUT2D eigenvalue weighted by Gasteiger charge is -2.04. The minimum atomic E-state index is -0.486. The van der Waals surface area contributed by atoms with E-state index in [4.69, 9.17) is 11.6 Å². The van der Waals surface area contributed by atoms with Crippen molar-refractivity contribution in [3.05, 3.63) is 27.1 Å². The minimum absolute atomic E-state index is 0.288. The van der Waals surface area contributed by atoms with Crippen LogP contribution >= 0.6 is 27.5 Å². The number of carbonyl (C=O) groups excluding carboxylic acids is 1. The fourth-order valence-corrected chi connectivity index (χ4v) is 1.81. The summed E-state index contributed by atoms with van der Waals surface area (Å²) in [6.07, 6.45) is 1.41. The van der Waals surface area contributed by atoms with Crippen LogP contribution in [-0.4, -0.2) is 27.7 Å². The van der Waals surface area contributed by atoms with Crippen LogP contribution < -0.4 is 0 Å². The third-order valence-electron chi connectivity index (χ3n) is 2.17. The van der Waals surface area contributed by atoms with Gasteiger partial charge in [-0.2, -0.15) is 5.10 Å². The quantitative estimate of drug-likeness (QED) is 0.599. The smallest absolute Gasteiger partial charge is 0.343 e. The average Bonchev–Trinajstić information content (AvgIpc) is 2.68. The molecule has 0 N–H and O–H groups in total. The van der Waals surface area contributed by atoms with Gasteiger partial charge in [0, 0.05) is 0 Å². The first-order valence-corrected chi connectivity index (χ1v) is 5.51. The summed E-state index contributed by atoms with van der Waals surface area (Å²) in [5, 5.41) is 4.34. The first-order valence-electron chi connectivity index (χ1n) is 4.34. The van der Waals surface area contributed by atoms with Crippen LogP contribution in [0.2, 0.25) is 5.15 Å². The highest BCUT2D eigenvalue weighted by Gasteiger charge is 2.18. The van der Waals surface area contributed by atoms with Gasteiger partial charge in [0.1, 0.15) is 10.7 Å². The molecule has 0 aliphatic heterocycles. The van der Waals surface area contributed by atoms with E-state index in [0.29, 0.717) is 15.7 Å². The van der Waals surface area contributed by atoms with Crippen molar-refractivity contribution in [2.24, 2.45) is 0 Å². The van der Waals surface area contributed by atoms with Gasteiger partial charge in [0.25, 0.3) is 0 Å². The zero-order chi connectivity index (χ0) is 11.9. The van der Waals surface area contributed by atoms with Crippen LogP contribution in [-0.2, 0) is 4.74 Å². The predicted molar refractivity (Wildman–Crippen MR) is 61.8 cm³/mol. The first-order chi connectivity index (χ1) is 7.56. The van der Waals surface area contributed by atoms with Gasteiger partial charge in [0.2, 0.25) is 0 Å². The second kappa shape index (κ2) is 4.03. The van der Waals surface area contributed by atoms with Crippen molar-refractivity contribution in [2.75, 3.05) is 7.11 Å². The second-order valence-electron chi connectivity index (χ2n) is 3.09. The molecule has 0 saturated carbocycles. The number of ether oxygens (including phenoxy) is 1. The maximum atomic E-state index is 11.4. The maximum absolute atomic E-state index is 11.4. The number of fused-ring (bicyclic) bond motifs is 1. The Kier molecular flexibility index (Phi) is 2.86. The third kappa shape index (κ3) is 1.58. The lowest BCUT2D eigenvalue weighted by molar-refractivity contribution is 0.0602. The van der Waals surface area contributed by atoms with Crippen LogP contribution in [0.1, 0.15) is 16.1 Å². The van der Waals surface area contributed by atoms with Crippen LogP contribution in [0, 0.1) is 6.92 Å². The molecule has 5 nitrogen and oxygen atoms in total. The Morgan fingerprint density at radius 3 is 2.94 bits per heavy atom. The van der Waals surface area contributed by atoms with Crippen LogP contribution in [0.4, 0.5) is 0 Å². The van der Waals surface area contributed by atoms with E-state index in [1.165, 1.54) is 17.8 Å². The minimum Gasteiger partial charge on any atom is -0.465 e. The fraction of sp³-hybridized carbons (Fsp3) is 0.222. The topological polar surface area (TPSA) is 56.5 Å². The fourth-order valence-electron chi connectivity index (χ4n) is 1.33. The Morgan fingerprint density at radius 1 is 1.62 bits per heavy atom. The van der Waals surface area contributed by atoms with Gasteiger partial charge in [-0.1, -0.05) is 11.6 Å². The van der Waals surface area contributed by atoms with Gasteiger partial charge >= 0.3 is 5.97 Å². The van der Waals surface area contributed by atoms with E-state index < -0.39 is 5.97 Å². The molecule has 0 amide bonds. The number of nitrogens with zero attached hydrogens (tertiary/aromatic N) is 3. The monoisotopic (exact) mass is 303 g/mol. The van der Waals surface area contributed by atoms with Crippen molar-refractivity contribution < 1.29 is 9.53 Å². The van der Waals surface area contributed by atoms with Gasteiger partial charge in [-0.25, -0.2) is 14.3 Å². The van der Waals surface area contributed by atoms with Crippen molar-refractivity contribution in [1.82, 2.24) is 14.6 Å². The van der Waals surface area contributed by atoms with E-state index in [-0.39, 0.29) is 5.15 Å². The molecule has 0 atom stereocenters. The molecule has 2 aromatic rings. The molecule has 2 rings (SSSR count). The highest BCUT2D eigenvalue weighted by atomic mass is 79.9. The van der Waals surface area contributed by atoms with E-state index in [0.717, 1.165) is 5.69 Å². The van der Waals surface area contributed by atoms with E-state index in [9.17, 15) is 4.79 Å². The molecular weight excluding hydrogens is 297 g/mol. The summed E-state index contributed by atoms with van der Waals surface area (Å²) >= 11 is 9.21. The lowest BCUT2D eigenvalue weighted by Crippen LogP contribution is -2.03. The van der Waals surface area contributed by atoms with Crippen LogP contribution in [0.5, 0.6) is 0 Å². The third-order valence-corrected chi connectivity index (χ3v) is 3.62. The Labute approximate surface area is 104 Å². The van der Waals surface area contributed by atoms with E-state index in [1.54, 1.807) is 0 Å². The number of aryl methyl sites for hydroxylation is 1. The van der Waals surface area contributed by atoms with Gasteiger partial charge in [-0.3, -0.25) is 0 Å². The molecule has 0 fully saturated rings. The Bertz CT molecular complexity index is 582. The predicted octanol–water partition coefficient (Wildman–Crippen LogP) is 2.24. The Morgan fingerprint density at radius 2 is 2.31 bits per heavy atom. The normalized spacial score (nSPS) is 10.8. The van der Waals surface area contributed by atoms with Gasteiger partial charge in [-0.15, -0.1) is 0 Å². The summed E-state index contributed by atoms with van der Waals surface area (Å²) in [7, 11) is 1.30. The number of methoxy groups -OCH3 is 1. The molecule has 84 valence electrons. The molecule has 0 aliphatic rings. The summed E-state index contributed by atoms with van der Waals surface area (Å²) in [5.41, 5.74) is 1.45. The summed E-state index contributed by atoms with van der Waals surface area (Å²) in [6.45, 7) is 1.82. The van der Waals surface area contributed by atoms with Gasteiger partial charge in [0.15, 0.2) is 5.65 Å². The largest absolute Gasteiger partial charge is 0.465 e. The molecule has 0 unspecified atom stereocenters. The first kappa shape index (κ1) is 11.3. The number of hydrogen-bond donors (Lipinski definition) is 0. The molecule has 0 radical (unpaired) electrons. The van der Waals surface area contributed by atoms with Crippen LogP contribution in [0.15, 0.2) is 10.7 Å². The summed E-state index contributed by atoms with van der Waals surface area (Å²) in [4.78, 5) is 15.5. The molecule has 7 heteroatoms. The number of esters is 1. The summed E-state index contributed by atoms with van der Waals surface area (Å²) in [6, 6.07) is 0. The van der Waals surface area contributed by atoms with Crippen LogP contribution in [0.25, 0.3) is 5.65 Å².